The van der Waals surface area contributed by atoms with E-state index in [4.69, 9.17) is 9.40 Å². The topological polar surface area (TPSA) is 88.3 Å². The van der Waals surface area contributed by atoms with Crippen LogP contribution < -0.4 is 10.2 Å². The monoisotopic (exact) mass is 406 g/mol. The van der Waals surface area contributed by atoms with Gasteiger partial charge < -0.3 is 14.6 Å². The Hall–Kier alpha value is -3.22. The quantitative estimate of drug-likeness (QED) is 0.653. The normalized spacial score (nSPS) is 16.7. The highest BCUT2D eigenvalue weighted by atomic mass is 16.3. The molecular formula is C23H26N4O3. The lowest BCUT2D eigenvalue weighted by molar-refractivity contribution is -0.120. The first-order valence-corrected chi connectivity index (χ1v) is 10.2. The molecule has 0 saturated carbocycles. The van der Waals surface area contributed by atoms with E-state index in [0.717, 1.165) is 41.9 Å². The maximum absolute atomic E-state index is 12.9. The van der Waals surface area contributed by atoms with Crippen molar-refractivity contribution in [2.75, 3.05) is 23.3 Å². The second kappa shape index (κ2) is 7.89. The number of rotatable bonds is 4. The van der Waals surface area contributed by atoms with E-state index >= 15 is 0 Å². The van der Waals surface area contributed by atoms with E-state index in [9.17, 15) is 9.59 Å². The maximum atomic E-state index is 12.9. The number of fused-ring (bicyclic) bond motifs is 1. The van der Waals surface area contributed by atoms with Gasteiger partial charge in [0.2, 0.25) is 11.6 Å². The molecule has 1 aliphatic heterocycles. The SMILES string of the molecule is CC(=O)c1ccc(NC(=O)[C@H]2CCCN(c3nc(C)nc4oc(C)c(C)c34)C2)cc1. The molecule has 3 aromatic rings. The predicted molar refractivity (Wildman–Crippen MR) is 116 cm³/mol. The number of carbonyl (C=O) groups is 2. The van der Waals surface area contributed by atoms with Crippen molar-refractivity contribution in [3.05, 3.63) is 47.0 Å². The van der Waals surface area contributed by atoms with Gasteiger partial charge in [-0.25, -0.2) is 4.98 Å². The molecule has 1 N–H and O–H groups in total. The zero-order chi connectivity index (χ0) is 21.4. The number of benzene rings is 1. The highest BCUT2D eigenvalue weighted by molar-refractivity contribution is 5.96. The van der Waals surface area contributed by atoms with Gasteiger partial charge in [-0.05, 0) is 64.8 Å². The summed E-state index contributed by atoms with van der Waals surface area (Å²) < 4.78 is 5.81. The fourth-order valence-corrected chi connectivity index (χ4v) is 3.98. The van der Waals surface area contributed by atoms with Gasteiger partial charge in [-0.15, -0.1) is 0 Å². The Bertz CT molecular complexity index is 1120. The highest BCUT2D eigenvalue weighted by Gasteiger charge is 2.29. The lowest BCUT2D eigenvalue weighted by atomic mass is 9.96. The molecule has 7 nitrogen and oxygen atoms in total. The second-order valence-electron chi connectivity index (χ2n) is 7.97. The fraction of sp³-hybridized carbons (Fsp3) is 0.391. The van der Waals surface area contributed by atoms with Crippen LogP contribution in [0.4, 0.5) is 11.5 Å². The average molecular weight is 406 g/mol. The van der Waals surface area contributed by atoms with Gasteiger partial charge in [-0.1, -0.05) is 0 Å². The number of nitrogens with zero attached hydrogens (tertiary/aromatic N) is 3. The van der Waals surface area contributed by atoms with E-state index in [2.05, 4.69) is 15.2 Å². The number of anilines is 2. The van der Waals surface area contributed by atoms with Gasteiger partial charge in [0.25, 0.3) is 0 Å². The summed E-state index contributed by atoms with van der Waals surface area (Å²) in [5.74, 6) is 2.18. The van der Waals surface area contributed by atoms with Crippen LogP contribution in [0.2, 0.25) is 0 Å². The molecule has 0 aliphatic carbocycles. The van der Waals surface area contributed by atoms with Crippen LogP contribution in [0.1, 0.15) is 47.3 Å². The Morgan fingerprint density at radius 1 is 1.13 bits per heavy atom. The van der Waals surface area contributed by atoms with Crippen molar-refractivity contribution >= 4 is 34.3 Å². The number of ketones is 1. The minimum atomic E-state index is -0.148. The number of furan rings is 1. The molecule has 0 spiro atoms. The summed E-state index contributed by atoms with van der Waals surface area (Å²) in [7, 11) is 0. The first kappa shape index (κ1) is 20.1. The van der Waals surface area contributed by atoms with Gasteiger partial charge in [0, 0.05) is 29.9 Å². The van der Waals surface area contributed by atoms with Crippen molar-refractivity contribution < 1.29 is 14.0 Å². The van der Waals surface area contributed by atoms with Crippen molar-refractivity contribution in [3.63, 3.8) is 0 Å². The van der Waals surface area contributed by atoms with Gasteiger partial charge in [0.15, 0.2) is 5.78 Å². The molecule has 30 heavy (non-hydrogen) atoms. The molecule has 7 heteroatoms. The number of amides is 1. The number of hydrogen-bond acceptors (Lipinski definition) is 6. The zero-order valence-corrected chi connectivity index (χ0v) is 17.8. The maximum Gasteiger partial charge on any atom is 0.231 e. The molecule has 1 aliphatic rings. The van der Waals surface area contributed by atoms with E-state index in [1.54, 1.807) is 24.3 Å². The van der Waals surface area contributed by atoms with Crippen LogP contribution in [0.3, 0.4) is 0 Å². The number of carbonyl (C=O) groups excluding carboxylic acids is 2. The third kappa shape index (κ3) is 3.79. The molecule has 1 fully saturated rings. The van der Waals surface area contributed by atoms with Crippen LogP contribution in [-0.2, 0) is 4.79 Å². The first-order valence-electron chi connectivity index (χ1n) is 10.2. The molecule has 3 heterocycles. The molecule has 2 aromatic heterocycles. The van der Waals surface area contributed by atoms with Crippen molar-refractivity contribution in [2.24, 2.45) is 5.92 Å². The van der Waals surface area contributed by atoms with Crippen LogP contribution in [0.5, 0.6) is 0 Å². The van der Waals surface area contributed by atoms with Gasteiger partial charge in [-0.2, -0.15) is 4.98 Å². The first-order chi connectivity index (χ1) is 14.3. The number of Topliss-reactive ketones (excluding diaryl/α,β-unsaturated/α-hetero) is 1. The number of hydrogen-bond donors (Lipinski definition) is 1. The molecule has 0 radical (unpaired) electrons. The summed E-state index contributed by atoms with van der Waals surface area (Å²) in [6.45, 7) is 8.76. The zero-order valence-electron chi connectivity index (χ0n) is 17.8. The van der Waals surface area contributed by atoms with Crippen molar-refractivity contribution in [3.8, 4) is 0 Å². The number of piperidine rings is 1. The molecule has 1 amide bonds. The lowest BCUT2D eigenvalue weighted by Gasteiger charge is -2.33. The molecule has 0 bridgehead atoms. The molecule has 1 saturated heterocycles. The average Bonchev–Trinajstić information content (AvgIpc) is 3.01. The Labute approximate surface area is 175 Å². The lowest BCUT2D eigenvalue weighted by Crippen LogP contribution is -2.41. The minimum Gasteiger partial charge on any atom is -0.443 e. The molecule has 1 atom stereocenters. The van der Waals surface area contributed by atoms with Crippen LogP contribution in [0, 0.1) is 26.7 Å². The smallest absolute Gasteiger partial charge is 0.231 e. The fourth-order valence-electron chi connectivity index (χ4n) is 3.98. The summed E-state index contributed by atoms with van der Waals surface area (Å²) in [6, 6.07) is 7.00. The van der Waals surface area contributed by atoms with Crippen LogP contribution in [0.15, 0.2) is 28.7 Å². The summed E-state index contributed by atoms with van der Waals surface area (Å²) in [5, 5.41) is 3.92. The Balaban J connectivity index is 1.54. The Morgan fingerprint density at radius 2 is 1.87 bits per heavy atom. The van der Waals surface area contributed by atoms with Gasteiger partial charge in [0.1, 0.15) is 17.4 Å². The Kier molecular flexibility index (Phi) is 5.28. The van der Waals surface area contributed by atoms with Crippen molar-refractivity contribution in [1.29, 1.82) is 0 Å². The highest BCUT2D eigenvalue weighted by Crippen LogP contribution is 2.33. The van der Waals surface area contributed by atoms with Crippen LogP contribution in [0.25, 0.3) is 11.1 Å². The van der Waals surface area contributed by atoms with Gasteiger partial charge in [-0.3, -0.25) is 9.59 Å². The van der Waals surface area contributed by atoms with Crippen LogP contribution >= 0.6 is 0 Å². The van der Waals surface area contributed by atoms with Gasteiger partial charge in [0.05, 0.1) is 11.3 Å². The summed E-state index contributed by atoms with van der Waals surface area (Å²) >= 11 is 0. The van der Waals surface area contributed by atoms with Crippen LogP contribution in [-0.4, -0.2) is 34.7 Å². The van der Waals surface area contributed by atoms with Crippen molar-refractivity contribution in [1.82, 2.24) is 9.97 Å². The third-order valence-electron chi connectivity index (χ3n) is 5.77. The summed E-state index contributed by atoms with van der Waals surface area (Å²) in [4.78, 5) is 35.6. The number of aromatic nitrogens is 2. The third-order valence-corrected chi connectivity index (χ3v) is 5.77. The molecule has 0 unspecified atom stereocenters. The standard InChI is InChI=1S/C23H26N4O3/c1-13-15(3)30-23-20(13)21(24-16(4)25-23)27-11-5-6-18(12-27)22(29)26-19-9-7-17(8-10-19)14(2)28/h7-10,18H,5-6,11-12H2,1-4H3,(H,26,29)/t18-/m0/s1. The van der Waals surface area contributed by atoms with E-state index in [1.807, 2.05) is 20.8 Å². The van der Waals surface area contributed by atoms with Gasteiger partial charge >= 0.3 is 0 Å². The molecule has 4 rings (SSSR count). The molecule has 1 aromatic carbocycles. The van der Waals surface area contributed by atoms with Crippen molar-refractivity contribution in [2.45, 2.75) is 40.5 Å². The number of aryl methyl sites for hydroxylation is 3. The number of nitrogens with one attached hydrogen (secondary N) is 1. The predicted octanol–water partition coefficient (Wildman–Crippen LogP) is 4.21. The van der Waals surface area contributed by atoms with E-state index in [1.165, 1.54) is 6.92 Å². The largest absolute Gasteiger partial charge is 0.443 e. The Morgan fingerprint density at radius 3 is 2.57 bits per heavy atom. The van der Waals surface area contributed by atoms with E-state index in [0.29, 0.717) is 29.3 Å². The second-order valence-corrected chi connectivity index (χ2v) is 7.97. The summed E-state index contributed by atoms with van der Waals surface area (Å²) in [6.07, 6.45) is 1.73. The minimum absolute atomic E-state index is 0.00651. The molecule has 156 valence electrons. The summed E-state index contributed by atoms with van der Waals surface area (Å²) in [5.41, 5.74) is 2.97. The van der Waals surface area contributed by atoms with E-state index < -0.39 is 0 Å². The van der Waals surface area contributed by atoms with E-state index in [-0.39, 0.29) is 17.6 Å². The molecular weight excluding hydrogens is 380 g/mol.